The van der Waals surface area contributed by atoms with Crippen LogP contribution < -0.4 is 10.5 Å². The molecular formula is C14H25N3O2. The molecule has 0 saturated carbocycles. The van der Waals surface area contributed by atoms with Crippen molar-refractivity contribution >= 4 is 5.82 Å². The van der Waals surface area contributed by atoms with Crippen molar-refractivity contribution in [2.45, 2.75) is 45.6 Å². The molecule has 1 aromatic rings. The van der Waals surface area contributed by atoms with Crippen molar-refractivity contribution in [1.29, 1.82) is 0 Å². The first kappa shape index (κ1) is 15.7. The second-order valence-corrected chi connectivity index (χ2v) is 5.80. The van der Waals surface area contributed by atoms with Crippen LogP contribution in [0.3, 0.4) is 0 Å². The molecule has 0 bridgehead atoms. The number of hydrogen-bond acceptors (Lipinski definition) is 4. The van der Waals surface area contributed by atoms with Gasteiger partial charge in [-0.05, 0) is 40.0 Å². The minimum atomic E-state index is -0.244. The normalized spacial score (nSPS) is 11.6. The lowest BCUT2D eigenvalue weighted by molar-refractivity contribution is 0.283. The van der Waals surface area contributed by atoms with Crippen LogP contribution in [0.25, 0.3) is 0 Å². The molecule has 0 fully saturated rings. The van der Waals surface area contributed by atoms with Crippen LogP contribution in [0.4, 0.5) is 5.82 Å². The Bertz CT molecular complexity index is 449. The van der Waals surface area contributed by atoms with Crippen LogP contribution in [0.15, 0.2) is 17.2 Å². The first-order valence-electron chi connectivity index (χ1n) is 6.78. The molecule has 0 saturated heterocycles. The maximum atomic E-state index is 12.4. The molecule has 5 heteroatoms. The van der Waals surface area contributed by atoms with Gasteiger partial charge in [-0.1, -0.05) is 0 Å². The van der Waals surface area contributed by atoms with E-state index in [0.717, 1.165) is 25.8 Å². The summed E-state index contributed by atoms with van der Waals surface area (Å²) in [5.74, 6) is 0.487. The van der Waals surface area contributed by atoms with Crippen molar-refractivity contribution in [1.82, 2.24) is 9.55 Å². The molecule has 1 rings (SSSR count). The first-order valence-corrected chi connectivity index (χ1v) is 6.78. The Balaban J connectivity index is 2.81. The predicted octanol–water partition coefficient (Wildman–Crippen LogP) is 1.60. The highest BCUT2D eigenvalue weighted by molar-refractivity contribution is 5.34. The molecule has 0 unspecified atom stereocenters. The standard InChI is InChI=1S/C14H25N3O2/c1-14(2,3)17-10-8-15-12(13(17)19)16(4)9-6-5-7-11-18/h8,10,18H,5-7,9,11H2,1-4H3. The lowest BCUT2D eigenvalue weighted by atomic mass is 10.1. The van der Waals surface area contributed by atoms with Crippen LogP contribution in [0.2, 0.25) is 0 Å². The van der Waals surface area contributed by atoms with Crippen LogP contribution in [0.5, 0.6) is 0 Å². The molecule has 19 heavy (non-hydrogen) atoms. The van der Waals surface area contributed by atoms with Gasteiger partial charge >= 0.3 is 0 Å². The van der Waals surface area contributed by atoms with Gasteiger partial charge in [0, 0.05) is 38.1 Å². The quantitative estimate of drug-likeness (QED) is 0.795. The molecule has 0 aliphatic heterocycles. The second-order valence-electron chi connectivity index (χ2n) is 5.80. The summed E-state index contributed by atoms with van der Waals surface area (Å²) >= 11 is 0. The summed E-state index contributed by atoms with van der Waals surface area (Å²) in [4.78, 5) is 18.5. The molecule has 0 radical (unpaired) electrons. The zero-order valence-electron chi connectivity index (χ0n) is 12.4. The summed E-state index contributed by atoms with van der Waals surface area (Å²) < 4.78 is 1.71. The summed E-state index contributed by atoms with van der Waals surface area (Å²) in [6.07, 6.45) is 6.11. The van der Waals surface area contributed by atoms with Crippen molar-refractivity contribution in [2.24, 2.45) is 0 Å². The van der Waals surface area contributed by atoms with E-state index in [2.05, 4.69) is 4.98 Å². The van der Waals surface area contributed by atoms with Gasteiger partial charge in [-0.2, -0.15) is 0 Å². The summed E-state index contributed by atoms with van der Waals surface area (Å²) in [5.41, 5.74) is -0.299. The van der Waals surface area contributed by atoms with Crippen LogP contribution in [-0.2, 0) is 5.54 Å². The van der Waals surface area contributed by atoms with Crippen molar-refractivity contribution in [3.63, 3.8) is 0 Å². The van der Waals surface area contributed by atoms with Crippen LogP contribution >= 0.6 is 0 Å². The Morgan fingerprint density at radius 2 is 2.00 bits per heavy atom. The molecule has 0 aliphatic carbocycles. The van der Waals surface area contributed by atoms with Crippen LogP contribution in [-0.4, -0.2) is 34.9 Å². The van der Waals surface area contributed by atoms with Gasteiger partial charge < -0.3 is 14.6 Å². The minimum Gasteiger partial charge on any atom is -0.396 e. The van der Waals surface area contributed by atoms with E-state index in [9.17, 15) is 4.79 Å². The number of unbranched alkanes of at least 4 members (excludes halogenated alkanes) is 2. The lowest BCUT2D eigenvalue weighted by Gasteiger charge is -2.24. The van der Waals surface area contributed by atoms with Crippen molar-refractivity contribution in [3.05, 3.63) is 22.7 Å². The van der Waals surface area contributed by atoms with Gasteiger partial charge in [0.25, 0.3) is 5.56 Å². The van der Waals surface area contributed by atoms with Crippen LogP contribution in [0, 0.1) is 0 Å². The Morgan fingerprint density at radius 1 is 1.32 bits per heavy atom. The van der Waals surface area contributed by atoms with Gasteiger partial charge in [0.15, 0.2) is 5.82 Å². The van der Waals surface area contributed by atoms with Crippen LogP contribution in [0.1, 0.15) is 40.0 Å². The maximum absolute atomic E-state index is 12.4. The molecule has 5 nitrogen and oxygen atoms in total. The SMILES string of the molecule is CN(CCCCCO)c1nccn(C(C)(C)C)c1=O. The molecule has 0 aliphatic rings. The number of rotatable bonds is 6. The average molecular weight is 267 g/mol. The lowest BCUT2D eigenvalue weighted by Crippen LogP contribution is -2.37. The van der Waals surface area contributed by atoms with E-state index >= 15 is 0 Å². The Labute approximate surface area is 114 Å². The summed E-state index contributed by atoms with van der Waals surface area (Å²) in [5, 5.41) is 8.74. The van der Waals surface area contributed by atoms with Crippen molar-refractivity contribution in [3.8, 4) is 0 Å². The molecule has 108 valence electrons. The number of anilines is 1. The first-order chi connectivity index (χ1) is 8.88. The molecule has 1 heterocycles. The van der Waals surface area contributed by atoms with Gasteiger partial charge in [0.1, 0.15) is 0 Å². The fraction of sp³-hybridized carbons (Fsp3) is 0.714. The summed E-state index contributed by atoms with van der Waals surface area (Å²) in [6, 6.07) is 0. The predicted molar refractivity (Wildman–Crippen MR) is 77.7 cm³/mol. The smallest absolute Gasteiger partial charge is 0.293 e. The van der Waals surface area contributed by atoms with Gasteiger partial charge in [-0.25, -0.2) is 4.98 Å². The highest BCUT2D eigenvalue weighted by Crippen LogP contribution is 2.12. The van der Waals surface area contributed by atoms with Crippen molar-refractivity contribution in [2.75, 3.05) is 25.1 Å². The number of nitrogens with zero attached hydrogens (tertiary/aromatic N) is 3. The van der Waals surface area contributed by atoms with Gasteiger partial charge in [0.05, 0.1) is 0 Å². The summed E-state index contributed by atoms with van der Waals surface area (Å²) in [6.45, 7) is 7.00. The minimum absolute atomic E-state index is 0.0559. The van der Waals surface area contributed by atoms with E-state index in [1.807, 2.05) is 32.7 Å². The van der Waals surface area contributed by atoms with Gasteiger partial charge in [-0.3, -0.25) is 4.79 Å². The highest BCUT2D eigenvalue weighted by atomic mass is 16.2. The Morgan fingerprint density at radius 3 is 2.58 bits per heavy atom. The Hall–Kier alpha value is -1.36. The topological polar surface area (TPSA) is 58.4 Å². The molecule has 1 aromatic heterocycles. The fourth-order valence-corrected chi connectivity index (χ4v) is 1.93. The molecule has 0 atom stereocenters. The zero-order chi connectivity index (χ0) is 14.5. The third-order valence-electron chi connectivity index (χ3n) is 3.06. The van der Waals surface area contributed by atoms with E-state index in [1.54, 1.807) is 17.0 Å². The number of aromatic nitrogens is 2. The summed E-state index contributed by atoms with van der Waals surface area (Å²) in [7, 11) is 1.88. The van der Waals surface area contributed by atoms with E-state index in [0.29, 0.717) is 5.82 Å². The van der Waals surface area contributed by atoms with E-state index in [4.69, 9.17) is 5.11 Å². The number of hydrogen-bond donors (Lipinski definition) is 1. The van der Waals surface area contributed by atoms with E-state index in [1.165, 1.54) is 0 Å². The molecule has 0 amide bonds. The number of aliphatic hydroxyl groups excluding tert-OH is 1. The molecular weight excluding hydrogens is 242 g/mol. The average Bonchev–Trinajstić information content (AvgIpc) is 2.33. The molecule has 1 N–H and O–H groups in total. The molecule has 0 spiro atoms. The third kappa shape index (κ3) is 4.35. The third-order valence-corrected chi connectivity index (χ3v) is 3.06. The monoisotopic (exact) mass is 267 g/mol. The van der Waals surface area contributed by atoms with E-state index < -0.39 is 0 Å². The highest BCUT2D eigenvalue weighted by Gasteiger charge is 2.18. The van der Waals surface area contributed by atoms with Gasteiger partial charge in [0.2, 0.25) is 0 Å². The van der Waals surface area contributed by atoms with Gasteiger partial charge in [-0.15, -0.1) is 0 Å². The Kier molecular flexibility index (Phi) is 5.54. The number of aliphatic hydroxyl groups is 1. The molecule has 0 aromatic carbocycles. The maximum Gasteiger partial charge on any atom is 0.293 e. The second kappa shape index (κ2) is 6.70. The fourth-order valence-electron chi connectivity index (χ4n) is 1.93. The van der Waals surface area contributed by atoms with E-state index in [-0.39, 0.29) is 17.7 Å². The zero-order valence-corrected chi connectivity index (χ0v) is 12.4. The van der Waals surface area contributed by atoms with Crippen molar-refractivity contribution < 1.29 is 5.11 Å². The largest absolute Gasteiger partial charge is 0.396 e.